The second-order valence-corrected chi connectivity index (χ2v) is 1.71. The van der Waals surface area contributed by atoms with Gasteiger partial charge in [0.05, 0.1) is 17.6 Å². The van der Waals surface area contributed by atoms with Gasteiger partial charge in [-0.3, -0.25) is 0 Å². The van der Waals surface area contributed by atoms with Gasteiger partial charge in [0.25, 0.3) is 0 Å². The van der Waals surface area contributed by atoms with E-state index in [1.54, 1.807) is 6.92 Å². The van der Waals surface area contributed by atoms with Crippen LogP contribution in [0.1, 0.15) is 6.92 Å². The fraction of sp³-hybridized carbons (Fsp3) is 0.667. The molecule has 42 valence electrons. The van der Waals surface area contributed by atoms with E-state index in [0.717, 1.165) is 0 Å². The zero-order chi connectivity index (χ0) is 5.70. The molecule has 0 heterocycles. The van der Waals surface area contributed by atoms with Crippen LogP contribution in [0.5, 0.6) is 0 Å². The standard InChI is InChI=1S/C3H5ClO2S/c1-2-6-3(5)7-4/h2H2,1H3. The van der Waals surface area contributed by atoms with Gasteiger partial charge in [-0.15, -0.1) is 0 Å². The third-order valence-electron chi connectivity index (χ3n) is 0.325. The van der Waals surface area contributed by atoms with Crippen molar-refractivity contribution in [2.75, 3.05) is 6.61 Å². The number of halogens is 1. The van der Waals surface area contributed by atoms with Gasteiger partial charge >= 0.3 is 5.30 Å². The van der Waals surface area contributed by atoms with Crippen molar-refractivity contribution in [1.82, 2.24) is 0 Å². The summed E-state index contributed by atoms with van der Waals surface area (Å²) < 4.78 is 4.38. The molecule has 0 aliphatic heterocycles. The van der Waals surface area contributed by atoms with Crippen molar-refractivity contribution in [1.29, 1.82) is 0 Å². The van der Waals surface area contributed by atoms with Crippen LogP contribution >= 0.6 is 21.7 Å². The van der Waals surface area contributed by atoms with Crippen LogP contribution in [0.25, 0.3) is 0 Å². The van der Waals surface area contributed by atoms with E-state index in [1.807, 2.05) is 0 Å². The highest BCUT2D eigenvalue weighted by molar-refractivity contribution is 8.32. The summed E-state index contributed by atoms with van der Waals surface area (Å²) in [5.74, 6) is 0. The molecule has 0 fully saturated rings. The van der Waals surface area contributed by atoms with Gasteiger partial charge in [-0.25, -0.2) is 4.79 Å². The van der Waals surface area contributed by atoms with E-state index in [1.165, 1.54) is 0 Å². The lowest BCUT2D eigenvalue weighted by molar-refractivity contribution is 0.182. The number of hydrogen-bond acceptors (Lipinski definition) is 3. The van der Waals surface area contributed by atoms with Gasteiger partial charge < -0.3 is 4.74 Å². The van der Waals surface area contributed by atoms with E-state index in [-0.39, 0.29) is 0 Å². The Hall–Kier alpha value is 0.110. The van der Waals surface area contributed by atoms with Crippen LogP contribution in [-0.4, -0.2) is 11.9 Å². The maximum Gasteiger partial charge on any atom is 0.382 e. The van der Waals surface area contributed by atoms with Gasteiger partial charge in [-0.05, 0) is 17.6 Å². The highest BCUT2D eigenvalue weighted by Gasteiger charge is 1.95. The molecule has 0 aliphatic rings. The van der Waals surface area contributed by atoms with E-state index < -0.39 is 5.30 Å². The van der Waals surface area contributed by atoms with Crippen molar-refractivity contribution in [3.8, 4) is 0 Å². The van der Waals surface area contributed by atoms with Crippen molar-refractivity contribution < 1.29 is 9.53 Å². The first-order chi connectivity index (χ1) is 3.31. The molecule has 0 bridgehead atoms. The molecule has 0 spiro atoms. The minimum absolute atomic E-state index is 0.387. The number of hydrogen-bond donors (Lipinski definition) is 0. The lowest BCUT2D eigenvalue weighted by Gasteiger charge is -1.91. The molecule has 0 unspecified atom stereocenters. The molecule has 7 heavy (non-hydrogen) atoms. The quantitative estimate of drug-likeness (QED) is 0.522. The minimum Gasteiger partial charge on any atom is -0.457 e. The van der Waals surface area contributed by atoms with Gasteiger partial charge in [-0.2, -0.15) is 0 Å². The Morgan fingerprint density at radius 3 is 2.71 bits per heavy atom. The predicted octanol–water partition coefficient (Wildman–Crippen LogP) is 2.03. The summed E-state index contributed by atoms with van der Waals surface area (Å²) in [7, 11) is 5.53. The second kappa shape index (κ2) is 4.27. The monoisotopic (exact) mass is 140 g/mol. The number of ether oxygens (including phenoxy) is 1. The zero-order valence-electron chi connectivity index (χ0n) is 3.81. The van der Waals surface area contributed by atoms with Crippen LogP contribution in [0.3, 0.4) is 0 Å². The number of carbonyl (C=O) groups is 1. The minimum atomic E-state index is -0.441. The Morgan fingerprint density at radius 2 is 2.57 bits per heavy atom. The molecule has 0 N–H and O–H groups in total. The summed E-state index contributed by atoms with van der Waals surface area (Å²) in [6, 6.07) is 0. The summed E-state index contributed by atoms with van der Waals surface area (Å²) in [5, 5.41) is -0.441. The third-order valence-corrected chi connectivity index (χ3v) is 0.947. The summed E-state index contributed by atoms with van der Waals surface area (Å²) in [5.41, 5.74) is 0. The number of rotatable bonds is 1. The molecule has 4 heteroatoms. The average molecular weight is 141 g/mol. The van der Waals surface area contributed by atoms with E-state index in [4.69, 9.17) is 10.7 Å². The molecule has 0 saturated carbocycles. The Labute approximate surface area is 50.7 Å². The first-order valence-electron chi connectivity index (χ1n) is 1.76. The largest absolute Gasteiger partial charge is 0.457 e. The lowest BCUT2D eigenvalue weighted by atomic mass is 10.9. The molecule has 0 aromatic carbocycles. The summed E-state index contributed by atoms with van der Waals surface area (Å²) in [6.07, 6.45) is 0. The average Bonchev–Trinajstić information content (AvgIpc) is 1.68. The van der Waals surface area contributed by atoms with Gasteiger partial charge in [0, 0.05) is 0 Å². The van der Waals surface area contributed by atoms with E-state index in [2.05, 4.69) is 4.74 Å². The van der Waals surface area contributed by atoms with Crippen LogP contribution in [0, 0.1) is 0 Å². The first-order valence-corrected chi connectivity index (χ1v) is 3.41. The van der Waals surface area contributed by atoms with E-state index in [0.29, 0.717) is 17.6 Å². The Kier molecular flexibility index (Phi) is 4.34. The van der Waals surface area contributed by atoms with Crippen LogP contribution in [0.15, 0.2) is 0 Å². The van der Waals surface area contributed by atoms with Gasteiger partial charge in [0.1, 0.15) is 0 Å². The van der Waals surface area contributed by atoms with Gasteiger partial charge in [0.15, 0.2) is 0 Å². The van der Waals surface area contributed by atoms with Crippen LogP contribution in [0.4, 0.5) is 4.79 Å². The fourth-order valence-corrected chi connectivity index (χ4v) is 0.436. The molecule has 0 aliphatic carbocycles. The number of carbonyl (C=O) groups excluding carboxylic acids is 1. The molecule has 2 nitrogen and oxygen atoms in total. The molecule has 0 atom stereocenters. The third kappa shape index (κ3) is 3.95. The van der Waals surface area contributed by atoms with Crippen LogP contribution < -0.4 is 0 Å². The first kappa shape index (κ1) is 7.11. The maximum atomic E-state index is 10.0. The Morgan fingerprint density at radius 1 is 2.00 bits per heavy atom. The molecular formula is C3H5ClO2S. The van der Waals surface area contributed by atoms with Gasteiger partial charge in [-0.1, -0.05) is 0 Å². The molecule has 0 aromatic heterocycles. The topological polar surface area (TPSA) is 26.3 Å². The van der Waals surface area contributed by atoms with Crippen molar-refractivity contribution >= 4 is 27.0 Å². The Bertz CT molecular complexity index is 66.0. The molecule has 0 amide bonds. The van der Waals surface area contributed by atoms with E-state index >= 15 is 0 Å². The van der Waals surface area contributed by atoms with Crippen LogP contribution in [0.2, 0.25) is 0 Å². The molecule has 0 aromatic rings. The van der Waals surface area contributed by atoms with Crippen molar-refractivity contribution in [2.24, 2.45) is 0 Å². The lowest BCUT2D eigenvalue weighted by Crippen LogP contribution is -1.91. The van der Waals surface area contributed by atoms with Gasteiger partial charge in [0.2, 0.25) is 0 Å². The van der Waals surface area contributed by atoms with Crippen molar-refractivity contribution in [3.63, 3.8) is 0 Å². The highest BCUT2D eigenvalue weighted by atomic mass is 35.7. The molecule has 0 saturated heterocycles. The normalized spacial score (nSPS) is 8.29. The van der Waals surface area contributed by atoms with Crippen LogP contribution in [-0.2, 0) is 4.74 Å². The fourth-order valence-electron chi connectivity index (χ4n) is 0.140. The summed E-state index contributed by atoms with van der Waals surface area (Å²) in [4.78, 5) is 10.0. The highest BCUT2D eigenvalue weighted by Crippen LogP contribution is 2.08. The van der Waals surface area contributed by atoms with Crippen molar-refractivity contribution in [2.45, 2.75) is 6.92 Å². The molecule has 0 radical (unpaired) electrons. The van der Waals surface area contributed by atoms with E-state index in [9.17, 15) is 4.79 Å². The predicted molar refractivity (Wildman–Crippen MR) is 30.5 cm³/mol. The van der Waals surface area contributed by atoms with Crippen molar-refractivity contribution in [3.05, 3.63) is 0 Å². The molecular weight excluding hydrogens is 136 g/mol. The summed E-state index contributed by atoms with van der Waals surface area (Å²) >= 11 is 0. The zero-order valence-corrected chi connectivity index (χ0v) is 5.38. The smallest absolute Gasteiger partial charge is 0.382 e. The second-order valence-electron chi connectivity index (χ2n) is 0.760. The summed E-state index contributed by atoms with van der Waals surface area (Å²) in [6.45, 7) is 2.11. The maximum absolute atomic E-state index is 10.0. The Balaban J connectivity index is 3.00. The SMILES string of the molecule is CCOC(=O)SCl. The molecule has 0 rings (SSSR count).